The summed E-state index contributed by atoms with van der Waals surface area (Å²) in [7, 11) is 0. The normalized spacial score (nSPS) is 10.3. The number of ether oxygens (including phenoxy) is 1. The van der Waals surface area contributed by atoms with Crippen LogP contribution in [0.2, 0.25) is 0 Å². The molecule has 0 atom stereocenters. The highest BCUT2D eigenvalue weighted by atomic mass is 16.5. The lowest BCUT2D eigenvalue weighted by atomic mass is 10.1. The van der Waals surface area contributed by atoms with Crippen LogP contribution in [-0.4, -0.2) is 18.2 Å². The number of rotatable bonds is 8. The van der Waals surface area contributed by atoms with Gasteiger partial charge in [-0.3, -0.25) is 4.79 Å². The van der Waals surface area contributed by atoms with Crippen molar-refractivity contribution < 1.29 is 9.53 Å². The summed E-state index contributed by atoms with van der Waals surface area (Å²) in [5, 5.41) is 4.11. The third-order valence-electron chi connectivity index (χ3n) is 3.21. The Balaban J connectivity index is 2.53. The van der Waals surface area contributed by atoms with Gasteiger partial charge >= 0.3 is 0 Å². The zero-order chi connectivity index (χ0) is 15.7. The Hall–Kier alpha value is -1.84. The lowest BCUT2D eigenvalue weighted by Crippen LogP contribution is -2.19. The molecule has 1 amide bonds. The zero-order valence-electron chi connectivity index (χ0n) is 13.5. The van der Waals surface area contributed by atoms with E-state index in [-0.39, 0.29) is 5.91 Å². The van der Waals surface area contributed by atoms with Crippen molar-refractivity contribution in [2.24, 2.45) is 11.0 Å². The highest BCUT2D eigenvalue weighted by Gasteiger charge is 2.05. The van der Waals surface area contributed by atoms with E-state index in [1.165, 1.54) is 0 Å². The molecule has 1 N–H and O–H groups in total. The Morgan fingerprint density at radius 1 is 1.19 bits per heavy atom. The summed E-state index contributed by atoms with van der Waals surface area (Å²) in [4.78, 5) is 11.9. The van der Waals surface area contributed by atoms with Crippen LogP contribution in [0, 0.1) is 5.92 Å². The number of hydrogen-bond acceptors (Lipinski definition) is 3. The van der Waals surface area contributed by atoms with Crippen LogP contribution in [0.4, 0.5) is 0 Å². The van der Waals surface area contributed by atoms with Gasteiger partial charge in [0, 0.05) is 11.3 Å². The van der Waals surface area contributed by atoms with Crippen LogP contribution in [0.3, 0.4) is 0 Å². The van der Waals surface area contributed by atoms with Crippen molar-refractivity contribution in [3.05, 3.63) is 29.8 Å². The molecule has 0 saturated heterocycles. The minimum atomic E-state index is -0.192. The van der Waals surface area contributed by atoms with E-state index >= 15 is 0 Å². The van der Waals surface area contributed by atoms with Crippen molar-refractivity contribution in [2.45, 2.75) is 47.0 Å². The van der Waals surface area contributed by atoms with E-state index in [0.29, 0.717) is 18.1 Å². The topological polar surface area (TPSA) is 50.7 Å². The van der Waals surface area contributed by atoms with Crippen LogP contribution in [0.15, 0.2) is 29.4 Å². The lowest BCUT2D eigenvalue weighted by molar-refractivity contribution is 0.0954. The first-order chi connectivity index (χ1) is 10.1. The van der Waals surface area contributed by atoms with Gasteiger partial charge in [-0.2, -0.15) is 5.10 Å². The van der Waals surface area contributed by atoms with Gasteiger partial charge in [-0.1, -0.05) is 27.7 Å². The van der Waals surface area contributed by atoms with E-state index in [1.807, 2.05) is 26.0 Å². The Morgan fingerprint density at radius 3 is 2.33 bits per heavy atom. The molecular formula is C17H26N2O2. The van der Waals surface area contributed by atoms with Crippen molar-refractivity contribution in [2.75, 3.05) is 6.61 Å². The Morgan fingerprint density at radius 2 is 1.81 bits per heavy atom. The van der Waals surface area contributed by atoms with E-state index < -0.39 is 0 Å². The minimum absolute atomic E-state index is 0.192. The van der Waals surface area contributed by atoms with Crippen LogP contribution in [0.1, 0.15) is 57.3 Å². The molecule has 0 saturated carbocycles. The summed E-state index contributed by atoms with van der Waals surface area (Å²) in [6.07, 6.45) is 2.71. The molecule has 21 heavy (non-hydrogen) atoms. The quantitative estimate of drug-likeness (QED) is 0.581. The number of benzene rings is 1. The van der Waals surface area contributed by atoms with Crippen LogP contribution in [0.25, 0.3) is 0 Å². The maximum absolute atomic E-state index is 11.9. The van der Waals surface area contributed by atoms with Gasteiger partial charge < -0.3 is 4.74 Å². The maximum atomic E-state index is 11.9. The van der Waals surface area contributed by atoms with Gasteiger partial charge in [0.2, 0.25) is 0 Å². The van der Waals surface area contributed by atoms with Crippen LogP contribution in [0.5, 0.6) is 5.75 Å². The molecule has 0 radical (unpaired) electrons. The van der Waals surface area contributed by atoms with E-state index in [2.05, 4.69) is 24.4 Å². The molecule has 0 aliphatic heterocycles. The summed E-state index contributed by atoms with van der Waals surface area (Å²) in [6, 6.07) is 7.15. The van der Waals surface area contributed by atoms with Gasteiger partial charge in [0.25, 0.3) is 5.91 Å². The summed E-state index contributed by atoms with van der Waals surface area (Å²) >= 11 is 0. The van der Waals surface area contributed by atoms with Gasteiger partial charge in [0.1, 0.15) is 5.75 Å². The smallest absolute Gasteiger partial charge is 0.271 e. The molecule has 0 bridgehead atoms. The Kier molecular flexibility index (Phi) is 7.51. The summed E-state index contributed by atoms with van der Waals surface area (Å²) < 4.78 is 5.63. The predicted octanol–water partition coefficient (Wildman–Crippen LogP) is 4.02. The predicted molar refractivity (Wildman–Crippen MR) is 86.9 cm³/mol. The van der Waals surface area contributed by atoms with Crippen molar-refractivity contribution in [1.82, 2.24) is 5.43 Å². The average molecular weight is 290 g/mol. The second kappa shape index (κ2) is 9.16. The van der Waals surface area contributed by atoms with Crippen LogP contribution < -0.4 is 10.2 Å². The molecule has 0 heterocycles. The number of carbonyl (C=O) groups is 1. The number of hydrazone groups is 1. The number of nitrogens with zero attached hydrogens (tertiary/aromatic N) is 1. The third-order valence-corrected chi connectivity index (χ3v) is 3.21. The summed E-state index contributed by atoms with van der Waals surface area (Å²) in [5.41, 5.74) is 4.15. The molecule has 4 nitrogen and oxygen atoms in total. The van der Waals surface area contributed by atoms with Gasteiger partial charge in [0.15, 0.2) is 0 Å². The van der Waals surface area contributed by atoms with Crippen LogP contribution >= 0.6 is 0 Å². The monoisotopic (exact) mass is 290 g/mol. The molecule has 0 aliphatic rings. The van der Waals surface area contributed by atoms with Crippen LogP contribution in [-0.2, 0) is 0 Å². The van der Waals surface area contributed by atoms with E-state index in [9.17, 15) is 4.79 Å². The molecule has 0 unspecified atom stereocenters. The molecule has 1 aromatic carbocycles. The largest absolute Gasteiger partial charge is 0.494 e. The first-order valence-corrected chi connectivity index (χ1v) is 7.65. The van der Waals surface area contributed by atoms with Gasteiger partial charge in [-0.25, -0.2) is 5.43 Å². The maximum Gasteiger partial charge on any atom is 0.271 e. The first-order valence-electron chi connectivity index (χ1n) is 7.65. The van der Waals surface area contributed by atoms with E-state index in [4.69, 9.17) is 4.74 Å². The molecule has 4 heteroatoms. The minimum Gasteiger partial charge on any atom is -0.494 e. The third kappa shape index (κ3) is 6.43. The summed E-state index contributed by atoms with van der Waals surface area (Å²) in [6.45, 7) is 9.08. The van der Waals surface area contributed by atoms with E-state index in [1.54, 1.807) is 12.1 Å². The number of nitrogens with one attached hydrogen (secondary N) is 1. The molecule has 1 rings (SSSR count). The number of hydrogen-bond donors (Lipinski definition) is 1. The molecular weight excluding hydrogens is 264 g/mol. The fourth-order valence-corrected chi connectivity index (χ4v) is 1.72. The number of amides is 1. The standard InChI is InChI=1S/C17H26N2O2/c1-5-15(6-2)18-19-17(20)14-7-9-16(10-8-14)21-12-11-13(3)4/h7-10,13H,5-6,11-12H2,1-4H3,(H,19,20). The second-order valence-corrected chi connectivity index (χ2v) is 5.38. The van der Waals surface area contributed by atoms with Crippen molar-refractivity contribution in [1.29, 1.82) is 0 Å². The van der Waals surface area contributed by atoms with Gasteiger partial charge in [-0.15, -0.1) is 0 Å². The fourth-order valence-electron chi connectivity index (χ4n) is 1.72. The van der Waals surface area contributed by atoms with Gasteiger partial charge in [-0.05, 0) is 49.4 Å². The average Bonchev–Trinajstić information content (AvgIpc) is 2.48. The molecule has 0 aliphatic carbocycles. The zero-order valence-corrected chi connectivity index (χ0v) is 13.5. The lowest BCUT2D eigenvalue weighted by Gasteiger charge is -2.08. The molecule has 0 aromatic heterocycles. The number of carbonyl (C=O) groups excluding carboxylic acids is 1. The molecule has 0 spiro atoms. The van der Waals surface area contributed by atoms with E-state index in [0.717, 1.165) is 30.7 Å². The molecule has 1 aromatic rings. The van der Waals surface area contributed by atoms with Gasteiger partial charge in [0.05, 0.1) is 6.61 Å². The Labute approximate surface area is 127 Å². The highest BCUT2D eigenvalue weighted by Crippen LogP contribution is 2.13. The highest BCUT2D eigenvalue weighted by molar-refractivity contribution is 5.95. The van der Waals surface area contributed by atoms with Crippen molar-refractivity contribution >= 4 is 11.6 Å². The second-order valence-electron chi connectivity index (χ2n) is 5.38. The van der Waals surface area contributed by atoms with Crippen molar-refractivity contribution in [3.63, 3.8) is 0 Å². The Bertz CT molecular complexity index is 458. The molecule has 116 valence electrons. The summed E-state index contributed by atoms with van der Waals surface area (Å²) in [5.74, 6) is 1.22. The SMILES string of the molecule is CCC(CC)=NNC(=O)c1ccc(OCCC(C)C)cc1. The van der Waals surface area contributed by atoms with Crippen molar-refractivity contribution in [3.8, 4) is 5.75 Å². The first kappa shape index (κ1) is 17.2. The fraction of sp³-hybridized carbons (Fsp3) is 0.529. The molecule has 0 fully saturated rings.